The van der Waals surface area contributed by atoms with Crippen molar-refractivity contribution in [3.8, 4) is 5.75 Å². The summed E-state index contributed by atoms with van der Waals surface area (Å²) in [5, 5.41) is 4.92. The van der Waals surface area contributed by atoms with Gasteiger partial charge in [0.2, 0.25) is 0 Å². The van der Waals surface area contributed by atoms with Crippen molar-refractivity contribution in [2.24, 2.45) is 0 Å². The first kappa shape index (κ1) is 17.6. The third kappa shape index (κ3) is 4.14. The molecule has 0 spiro atoms. The number of carbonyl (C=O) groups excluding carboxylic acids is 1. The molecule has 1 N–H and O–H groups in total. The standard InChI is InChI=1S/C20H19NO5S/c22-20(21-16-9-10-27(23,24)13-16)19-8-7-18(26-19)12-25-17-6-5-14-3-1-2-4-15(14)11-17/h1-8,11,16H,9-10,12-13H2,(H,21,22). The molecule has 1 fully saturated rings. The van der Waals surface area contributed by atoms with Gasteiger partial charge in [-0.15, -0.1) is 0 Å². The molecule has 1 saturated heterocycles. The van der Waals surface area contributed by atoms with Gasteiger partial charge in [-0.1, -0.05) is 30.3 Å². The molecule has 1 atom stereocenters. The highest BCUT2D eigenvalue weighted by Crippen LogP contribution is 2.22. The highest BCUT2D eigenvalue weighted by atomic mass is 32.2. The minimum absolute atomic E-state index is 0.0165. The van der Waals surface area contributed by atoms with Crippen molar-refractivity contribution >= 4 is 26.5 Å². The lowest BCUT2D eigenvalue weighted by Crippen LogP contribution is -2.35. The van der Waals surface area contributed by atoms with Crippen molar-refractivity contribution in [1.82, 2.24) is 5.32 Å². The zero-order chi connectivity index (χ0) is 18.9. The highest BCUT2D eigenvalue weighted by molar-refractivity contribution is 7.91. The maximum atomic E-state index is 12.2. The first-order chi connectivity index (χ1) is 13.0. The second kappa shape index (κ2) is 7.08. The molecule has 0 radical (unpaired) electrons. The summed E-state index contributed by atoms with van der Waals surface area (Å²) < 4.78 is 34.2. The van der Waals surface area contributed by atoms with E-state index in [9.17, 15) is 13.2 Å². The Morgan fingerprint density at radius 1 is 1.11 bits per heavy atom. The van der Waals surface area contributed by atoms with Crippen molar-refractivity contribution in [1.29, 1.82) is 0 Å². The number of fused-ring (bicyclic) bond motifs is 1. The SMILES string of the molecule is O=C(NC1CCS(=O)(=O)C1)c1ccc(COc2ccc3ccccc3c2)o1. The van der Waals surface area contributed by atoms with Gasteiger partial charge in [-0.3, -0.25) is 4.79 Å². The summed E-state index contributed by atoms with van der Waals surface area (Å²) in [7, 11) is -3.04. The first-order valence-corrected chi connectivity index (χ1v) is 10.5. The summed E-state index contributed by atoms with van der Waals surface area (Å²) in [5.74, 6) is 1.07. The monoisotopic (exact) mass is 385 g/mol. The average Bonchev–Trinajstić information content (AvgIpc) is 3.26. The molecular weight excluding hydrogens is 366 g/mol. The molecule has 6 nitrogen and oxygen atoms in total. The van der Waals surface area contributed by atoms with Gasteiger partial charge < -0.3 is 14.5 Å². The van der Waals surface area contributed by atoms with Gasteiger partial charge in [-0.2, -0.15) is 0 Å². The van der Waals surface area contributed by atoms with E-state index in [-0.39, 0.29) is 29.9 Å². The van der Waals surface area contributed by atoms with E-state index in [4.69, 9.17) is 9.15 Å². The van der Waals surface area contributed by atoms with E-state index in [0.717, 1.165) is 10.8 Å². The molecule has 1 aliphatic rings. The van der Waals surface area contributed by atoms with Crippen LogP contribution in [0.2, 0.25) is 0 Å². The van der Waals surface area contributed by atoms with E-state index in [1.165, 1.54) is 0 Å². The van der Waals surface area contributed by atoms with Crippen LogP contribution in [0.15, 0.2) is 59.0 Å². The van der Waals surface area contributed by atoms with Crippen molar-refractivity contribution in [2.75, 3.05) is 11.5 Å². The molecule has 1 aromatic heterocycles. The van der Waals surface area contributed by atoms with Gasteiger partial charge in [0, 0.05) is 6.04 Å². The van der Waals surface area contributed by atoms with Gasteiger partial charge in [-0.25, -0.2) is 8.42 Å². The van der Waals surface area contributed by atoms with Crippen LogP contribution in [0, 0.1) is 0 Å². The summed E-state index contributed by atoms with van der Waals surface area (Å²) in [6.45, 7) is 0.198. The van der Waals surface area contributed by atoms with Crippen LogP contribution in [0.1, 0.15) is 22.7 Å². The van der Waals surface area contributed by atoms with Gasteiger partial charge in [0.15, 0.2) is 15.6 Å². The Morgan fingerprint density at radius 2 is 1.93 bits per heavy atom. The number of carbonyl (C=O) groups is 1. The summed E-state index contributed by atoms with van der Waals surface area (Å²) in [5.41, 5.74) is 0. The summed E-state index contributed by atoms with van der Waals surface area (Å²) in [6, 6.07) is 16.7. The predicted molar refractivity (Wildman–Crippen MR) is 102 cm³/mol. The second-order valence-electron chi connectivity index (χ2n) is 6.64. The van der Waals surface area contributed by atoms with E-state index >= 15 is 0 Å². The van der Waals surface area contributed by atoms with Crippen molar-refractivity contribution in [3.05, 3.63) is 66.1 Å². The Kier molecular flexibility index (Phi) is 4.61. The Morgan fingerprint density at radius 3 is 2.70 bits per heavy atom. The molecule has 3 aromatic rings. The number of hydrogen-bond acceptors (Lipinski definition) is 5. The van der Waals surface area contributed by atoms with Crippen LogP contribution in [0.3, 0.4) is 0 Å². The predicted octanol–water partition coefficient (Wildman–Crippen LogP) is 2.93. The van der Waals surface area contributed by atoms with Gasteiger partial charge >= 0.3 is 0 Å². The fraction of sp³-hybridized carbons (Fsp3) is 0.250. The van der Waals surface area contributed by atoms with Crippen molar-refractivity contribution in [2.45, 2.75) is 19.1 Å². The highest BCUT2D eigenvalue weighted by Gasteiger charge is 2.29. The van der Waals surface area contributed by atoms with Crippen LogP contribution in [0.4, 0.5) is 0 Å². The fourth-order valence-corrected chi connectivity index (χ4v) is 4.83. The lowest BCUT2D eigenvalue weighted by molar-refractivity contribution is 0.0909. The lowest BCUT2D eigenvalue weighted by Gasteiger charge is -2.09. The van der Waals surface area contributed by atoms with Crippen LogP contribution in [-0.2, 0) is 16.4 Å². The number of hydrogen-bond donors (Lipinski definition) is 1. The molecule has 140 valence electrons. The molecule has 0 bridgehead atoms. The molecule has 7 heteroatoms. The van der Waals surface area contributed by atoms with Crippen LogP contribution in [-0.4, -0.2) is 31.9 Å². The molecule has 1 amide bonds. The summed E-state index contributed by atoms with van der Waals surface area (Å²) in [4.78, 5) is 12.2. The smallest absolute Gasteiger partial charge is 0.287 e. The van der Waals surface area contributed by atoms with Crippen LogP contribution in [0.25, 0.3) is 10.8 Å². The van der Waals surface area contributed by atoms with Gasteiger partial charge in [-0.05, 0) is 41.5 Å². The number of benzene rings is 2. The number of furan rings is 1. The largest absolute Gasteiger partial charge is 0.486 e. The van der Waals surface area contributed by atoms with Crippen LogP contribution < -0.4 is 10.1 Å². The molecule has 27 heavy (non-hydrogen) atoms. The maximum Gasteiger partial charge on any atom is 0.287 e. The zero-order valence-corrected chi connectivity index (χ0v) is 15.4. The van der Waals surface area contributed by atoms with Gasteiger partial charge in [0.05, 0.1) is 11.5 Å². The van der Waals surface area contributed by atoms with Crippen molar-refractivity contribution < 1.29 is 22.4 Å². The first-order valence-electron chi connectivity index (χ1n) is 8.70. The maximum absolute atomic E-state index is 12.2. The third-order valence-corrected chi connectivity index (χ3v) is 6.32. The molecule has 0 saturated carbocycles. The Bertz CT molecular complexity index is 1090. The molecule has 1 aliphatic heterocycles. The van der Waals surface area contributed by atoms with Gasteiger partial charge in [0.1, 0.15) is 18.1 Å². The number of rotatable bonds is 5. The molecular formula is C20H19NO5S. The fourth-order valence-electron chi connectivity index (χ4n) is 3.15. The second-order valence-corrected chi connectivity index (χ2v) is 8.87. The number of amides is 1. The lowest BCUT2D eigenvalue weighted by atomic mass is 10.1. The Hall–Kier alpha value is -2.80. The summed E-state index contributed by atoms with van der Waals surface area (Å²) >= 11 is 0. The van der Waals surface area contributed by atoms with E-state index in [1.807, 2.05) is 42.5 Å². The molecule has 2 aromatic carbocycles. The average molecular weight is 385 g/mol. The van der Waals surface area contributed by atoms with Crippen molar-refractivity contribution in [3.63, 3.8) is 0 Å². The van der Waals surface area contributed by atoms with E-state index in [0.29, 0.717) is 17.9 Å². The number of nitrogens with one attached hydrogen (secondary N) is 1. The zero-order valence-electron chi connectivity index (χ0n) is 14.6. The minimum atomic E-state index is -3.04. The number of sulfone groups is 1. The Balaban J connectivity index is 1.36. The topological polar surface area (TPSA) is 85.6 Å². The summed E-state index contributed by atoms with van der Waals surface area (Å²) in [6.07, 6.45) is 0.437. The number of ether oxygens (including phenoxy) is 1. The molecule has 1 unspecified atom stereocenters. The quantitative estimate of drug-likeness (QED) is 0.730. The Labute approximate surface area is 157 Å². The van der Waals surface area contributed by atoms with E-state index in [1.54, 1.807) is 12.1 Å². The van der Waals surface area contributed by atoms with E-state index < -0.39 is 15.7 Å². The normalized spacial score (nSPS) is 18.4. The van der Waals surface area contributed by atoms with Gasteiger partial charge in [0.25, 0.3) is 5.91 Å². The molecule has 4 rings (SSSR count). The third-order valence-electron chi connectivity index (χ3n) is 4.56. The molecule has 0 aliphatic carbocycles. The van der Waals surface area contributed by atoms with E-state index in [2.05, 4.69) is 5.32 Å². The van der Waals surface area contributed by atoms with Crippen LogP contribution in [0.5, 0.6) is 5.75 Å². The van der Waals surface area contributed by atoms with Crippen LogP contribution >= 0.6 is 0 Å². The minimum Gasteiger partial charge on any atom is -0.486 e. The molecule has 2 heterocycles.